The van der Waals surface area contributed by atoms with E-state index < -0.39 is 21.7 Å². The van der Waals surface area contributed by atoms with Crippen molar-refractivity contribution in [3.63, 3.8) is 0 Å². The van der Waals surface area contributed by atoms with Crippen LogP contribution < -0.4 is 15.4 Å². The molecule has 1 aromatic rings. The molecule has 1 heterocycles. The molecule has 0 radical (unpaired) electrons. The topological polar surface area (TPSA) is 84.5 Å². The maximum absolute atomic E-state index is 14.0. The number of hydrogen-bond acceptors (Lipinski definition) is 4. The van der Waals surface area contributed by atoms with E-state index in [1.807, 2.05) is 0 Å². The molecule has 8 heteroatoms. The molecule has 0 unspecified atom stereocenters. The lowest BCUT2D eigenvalue weighted by atomic mass is 9.96. The number of hydrogen-bond donors (Lipinski definition) is 2. The maximum Gasteiger partial charge on any atom is 0.319 e. The van der Waals surface area contributed by atoms with Crippen LogP contribution in [-0.4, -0.2) is 38.6 Å². The maximum atomic E-state index is 14.0. The second kappa shape index (κ2) is 6.96. The normalized spacial score (nSPS) is 22.6. The van der Waals surface area contributed by atoms with Gasteiger partial charge in [0.05, 0.1) is 17.6 Å². The number of carbonyl (C=O) groups excluding carboxylic acids is 1. The quantitative estimate of drug-likeness (QED) is 0.848. The van der Waals surface area contributed by atoms with Gasteiger partial charge in [0.15, 0.2) is 21.4 Å². The SMILES string of the molecule is O=C(NC[C@H]1CCS(=O)(=O)C1)Nc1ccc(OC2CCC2)c(F)c1. The average Bonchev–Trinajstić information content (AvgIpc) is 2.82. The van der Waals surface area contributed by atoms with Gasteiger partial charge in [-0.2, -0.15) is 0 Å². The Bertz CT molecular complexity index is 719. The van der Waals surface area contributed by atoms with Gasteiger partial charge in [-0.15, -0.1) is 0 Å². The Morgan fingerprint density at radius 2 is 2.08 bits per heavy atom. The van der Waals surface area contributed by atoms with E-state index in [4.69, 9.17) is 4.74 Å². The minimum absolute atomic E-state index is 0.0595. The summed E-state index contributed by atoms with van der Waals surface area (Å²) in [4.78, 5) is 11.8. The third kappa shape index (κ3) is 4.37. The first kappa shape index (κ1) is 17.0. The zero-order valence-electron chi connectivity index (χ0n) is 13.3. The smallest absolute Gasteiger partial charge is 0.319 e. The summed E-state index contributed by atoms with van der Waals surface area (Å²) in [5.41, 5.74) is 0.324. The Morgan fingerprint density at radius 1 is 1.29 bits per heavy atom. The average molecular weight is 356 g/mol. The Kier molecular flexibility index (Phi) is 4.93. The van der Waals surface area contributed by atoms with Gasteiger partial charge in [0.25, 0.3) is 0 Å². The van der Waals surface area contributed by atoms with E-state index in [1.54, 1.807) is 6.07 Å². The van der Waals surface area contributed by atoms with Gasteiger partial charge in [-0.3, -0.25) is 0 Å². The fourth-order valence-electron chi connectivity index (χ4n) is 2.79. The molecular weight excluding hydrogens is 335 g/mol. The third-order valence-corrected chi connectivity index (χ3v) is 6.25. The van der Waals surface area contributed by atoms with Crippen molar-refractivity contribution in [3.8, 4) is 5.75 Å². The minimum Gasteiger partial charge on any atom is -0.487 e. The lowest BCUT2D eigenvalue weighted by Gasteiger charge is -2.26. The molecule has 132 valence electrons. The van der Waals surface area contributed by atoms with Crippen LogP contribution in [0.1, 0.15) is 25.7 Å². The molecule has 24 heavy (non-hydrogen) atoms. The first-order chi connectivity index (χ1) is 11.4. The summed E-state index contributed by atoms with van der Waals surface area (Å²) in [6.07, 6.45) is 3.64. The summed E-state index contributed by atoms with van der Waals surface area (Å²) in [5, 5.41) is 5.17. The van der Waals surface area contributed by atoms with Crippen molar-refractivity contribution in [2.75, 3.05) is 23.4 Å². The van der Waals surface area contributed by atoms with Crippen LogP contribution in [0.4, 0.5) is 14.9 Å². The molecule has 0 aromatic heterocycles. The first-order valence-electron chi connectivity index (χ1n) is 8.13. The van der Waals surface area contributed by atoms with E-state index in [9.17, 15) is 17.6 Å². The van der Waals surface area contributed by atoms with Crippen LogP contribution in [-0.2, 0) is 9.84 Å². The lowest BCUT2D eigenvalue weighted by molar-refractivity contribution is 0.115. The van der Waals surface area contributed by atoms with Gasteiger partial charge < -0.3 is 15.4 Å². The third-order valence-electron chi connectivity index (χ3n) is 4.41. The number of ether oxygens (including phenoxy) is 1. The molecule has 2 amide bonds. The number of anilines is 1. The molecule has 2 aliphatic rings. The van der Waals surface area contributed by atoms with Crippen LogP contribution in [0, 0.1) is 11.7 Å². The van der Waals surface area contributed by atoms with E-state index in [2.05, 4.69) is 10.6 Å². The van der Waals surface area contributed by atoms with Crippen LogP contribution in [0.2, 0.25) is 0 Å². The van der Waals surface area contributed by atoms with Crippen molar-refractivity contribution in [1.82, 2.24) is 5.32 Å². The van der Waals surface area contributed by atoms with E-state index in [0.29, 0.717) is 12.1 Å². The molecular formula is C16H21FN2O4S. The van der Waals surface area contributed by atoms with Crippen LogP contribution in [0.15, 0.2) is 18.2 Å². The van der Waals surface area contributed by atoms with Gasteiger partial charge in [0, 0.05) is 18.3 Å². The predicted molar refractivity (Wildman–Crippen MR) is 88.4 cm³/mol. The highest BCUT2D eigenvalue weighted by Gasteiger charge is 2.28. The molecule has 1 aliphatic carbocycles. The zero-order chi connectivity index (χ0) is 17.2. The monoisotopic (exact) mass is 356 g/mol. The number of urea groups is 1. The minimum atomic E-state index is -2.96. The number of halogens is 1. The van der Waals surface area contributed by atoms with Crippen LogP contribution >= 0.6 is 0 Å². The second-order valence-electron chi connectivity index (χ2n) is 6.42. The molecule has 1 atom stereocenters. The Hall–Kier alpha value is -1.83. The number of sulfone groups is 1. The Morgan fingerprint density at radius 3 is 2.67 bits per heavy atom. The molecule has 2 N–H and O–H groups in total. The van der Waals surface area contributed by atoms with Gasteiger partial charge in [-0.25, -0.2) is 17.6 Å². The second-order valence-corrected chi connectivity index (χ2v) is 8.65. The van der Waals surface area contributed by atoms with E-state index in [-0.39, 0.29) is 35.8 Å². The molecule has 1 aromatic carbocycles. The van der Waals surface area contributed by atoms with E-state index in [0.717, 1.165) is 19.3 Å². The number of rotatable bonds is 5. The van der Waals surface area contributed by atoms with Crippen molar-refractivity contribution in [3.05, 3.63) is 24.0 Å². The summed E-state index contributed by atoms with van der Waals surface area (Å²) < 4.78 is 42.2. The molecule has 3 rings (SSSR count). The summed E-state index contributed by atoms with van der Waals surface area (Å²) in [7, 11) is -2.96. The van der Waals surface area contributed by atoms with Crippen molar-refractivity contribution < 1.29 is 22.3 Å². The van der Waals surface area contributed by atoms with Crippen molar-refractivity contribution >= 4 is 21.6 Å². The van der Waals surface area contributed by atoms with Crippen molar-refractivity contribution in [1.29, 1.82) is 0 Å². The standard InChI is InChI=1S/C16H21FN2O4S/c17-14-8-12(4-5-15(14)23-13-2-1-3-13)19-16(20)18-9-11-6-7-24(21,22)10-11/h4-5,8,11,13H,1-3,6-7,9-10H2,(H2,18,19,20)/t11-/m1/s1. The first-order valence-corrected chi connectivity index (χ1v) is 9.95. The van der Waals surface area contributed by atoms with Gasteiger partial charge in [-0.05, 0) is 43.7 Å². The Balaban J connectivity index is 1.48. The lowest BCUT2D eigenvalue weighted by Crippen LogP contribution is -2.33. The molecule has 6 nitrogen and oxygen atoms in total. The fraction of sp³-hybridized carbons (Fsp3) is 0.562. The highest BCUT2D eigenvalue weighted by Crippen LogP contribution is 2.28. The van der Waals surface area contributed by atoms with Gasteiger partial charge in [0.1, 0.15) is 0 Å². The van der Waals surface area contributed by atoms with Crippen LogP contribution in [0.3, 0.4) is 0 Å². The summed E-state index contributed by atoms with van der Waals surface area (Å²) >= 11 is 0. The number of amides is 2. The number of nitrogens with one attached hydrogen (secondary N) is 2. The van der Waals surface area contributed by atoms with Gasteiger partial charge in [-0.1, -0.05) is 0 Å². The van der Waals surface area contributed by atoms with E-state index >= 15 is 0 Å². The van der Waals surface area contributed by atoms with Gasteiger partial charge in [0.2, 0.25) is 0 Å². The van der Waals surface area contributed by atoms with Crippen LogP contribution in [0.5, 0.6) is 5.75 Å². The van der Waals surface area contributed by atoms with Crippen molar-refractivity contribution in [2.24, 2.45) is 5.92 Å². The summed E-state index contributed by atoms with van der Waals surface area (Å²) in [5.74, 6) is -0.0943. The largest absolute Gasteiger partial charge is 0.487 e. The van der Waals surface area contributed by atoms with Gasteiger partial charge >= 0.3 is 6.03 Å². The number of benzene rings is 1. The van der Waals surface area contributed by atoms with E-state index in [1.165, 1.54) is 12.1 Å². The molecule has 0 spiro atoms. The number of carbonyl (C=O) groups is 1. The molecule has 1 saturated carbocycles. The predicted octanol–water partition coefficient (Wildman–Crippen LogP) is 2.31. The summed E-state index contributed by atoms with van der Waals surface area (Å²) in [6.45, 7) is 0.288. The molecule has 2 fully saturated rings. The molecule has 1 aliphatic heterocycles. The van der Waals surface area contributed by atoms with Crippen molar-refractivity contribution in [2.45, 2.75) is 31.8 Å². The summed E-state index contributed by atoms with van der Waals surface area (Å²) in [6, 6.07) is 3.82. The highest BCUT2D eigenvalue weighted by atomic mass is 32.2. The molecule has 0 bridgehead atoms. The highest BCUT2D eigenvalue weighted by molar-refractivity contribution is 7.91. The molecule has 1 saturated heterocycles. The fourth-order valence-corrected chi connectivity index (χ4v) is 4.65. The Labute approximate surface area is 140 Å². The van der Waals surface area contributed by atoms with Crippen LogP contribution in [0.25, 0.3) is 0 Å². The zero-order valence-corrected chi connectivity index (χ0v) is 14.1.